The van der Waals surface area contributed by atoms with Gasteiger partial charge in [-0.25, -0.2) is 8.42 Å². The Morgan fingerprint density at radius 2 is 1.95 bits per heavy atom. The van der Waals surface area contributed by atoms with Crippen molar-refractivity contribution in [2.45, 2.75) is 18.9 Å². The van der Waals surface area contributed by atoms with Gasteiger partial charge in [0.2, 0.25) is 0 Å². The third-order valence-electron chi connectivity index (χ3n) is 3.69. The summed E-state index contributed by atoms with van der Waals surface area (Å²) in [5.74, 6) is 0.430. The van der Waals surface area contributed by atoms with Gasteiger partial charge in [0.15, 0.2) is 9.84 Å². The van der Waals surface area contributed by atoms with Gasteiger partial charge in [0, 0.05) is 11.8 Å². The van der Waals surface area contributed by atoms with Gasteiger partial charge in [0.25, 0.3) is 0 Å². The van der Waals surface area contributed by atoms with Gasteiger partial charge >= 0.3 is 0 Å². The van der Waals surface area contributed by atoms with Crippen molar-refractivity contribution in [1.82, 2.24) is 9.78 Å². The van der Waals surface area contributed by atoms with E-state index in [-0.39, 0.29) is 11.5 Å². The summed E-state index contributed by atoms with van der Waals surface area (Å²) >= 11 is 0. The van der Waals surface area contributed by atoms with E-state index in [2.05, 4.69) is 5.10 Å². The van der Waals surface area contributed by atoms with Gasteiger partial charge in [0.1, 0.15) is 0 Å². The third kappa shape index (κ3) is 2.30. The van der Waals surface area contributed by atoms with E-state index in [0.717, 1.165) is 11.3 Å². The van der Waals surface area contributed by atoms with E-state index in [1.165, 1.54) is 0 Å². The molecule has 0 amide bonds. The number of hydrogen-bond donors (Lipinski definition) is 0. The fraction of sp³-hybridized carbons (Fsp3) is 0.357. The zero-order valence-corrected chi connectivity index (χ0v) is 11.6. The molecule has 1 aromatic heterocycles. The first-order chi connectivity index (χ1) is 8.99. The molecule has 1 aliphatic heterocycles. The largest absolute Gasteiger partial charge is 0.265 e. The maximum Gasteiger partial charge on any atom is 0.152 e. The average molecular weight is 276 g/mol. The lowest BCUT2D eigenvalue weighted by atomic mass is 10.0. The predicted octanol–water partition coefficient (Wildman–Crippen LogP) is 2.08. The van der Waals surface area contributed by atoms with Gasteiger partial charge in [-0.3, -0.25) is 4.68 Å². The van der Waals surface area contributed by atoms with Crippen LogP contribution in [0, 0.1) is 0 Å². The standard InChI is InChI=1S/C14H16N2O2S/c1-14(8-10-19(17,18)11-14)16-9-7-13(15-16)12-5-3-2-4-6-12/h2-7,9H,8,10-11H2,1H3. The van der Waals surface area contributed by atoms with Gasteiger partial charge < -0.3 is 0 Å². The summed E-state index contributed by atoms with van der Waals surface area (Å²) < 4.78 is 25.1. The molecule has 3 rings (SSSR count). The Bertz CT molecular complexity index is 691. The van der Waals surface area contributed by atoms with Gasteiger partial charge in [0.05, 0.1) is 22.7 Å². The van der Waals surface area contributed by atoms with E-state index in [1.807, 2.05) is 49.5 Å². The Morgan fingerprint density at radius 1 is 1.21 bits per heavy atom. The normalized spacial score (nSPS) is 25.5. The van der Waals surface area contributed by atoms with Gasteiger partial charge in [-0.2, -0.15) is 5.10 Å². The van der Waals surface area contributed by atoms with Crippen LogP contribution in [0.3, 0.4) is 0 Å². The van der Waals surface area contributed by atoms with Crippen molar-refractivity contribution in [1.29, 1.82) is 0 Å². The first kappa shape index (κ1) is 12.4. The summed E-state index contributed by atoms with van der Waals surface area (Å²) in [6, 6.07) is 11.8. The number of nitrogens with zero attached hydrogens (tertiary/aromatic N) is 2. The molecule has 1 unspecified atom stereocenters. The molecule has 0 aliphatic carbocycles. The highest BCUT2D eigenvalue weighted by molar-refractivity contribution is 7.91. The Kier molecular flexibility index (Phi) is 2.74. The minimum atomic E-state index is -2.92. The fourth-order valence-electron chi connectivity index (χ4n) is 2.56. The summed E-state index contributed by atoms with van der Waals surface area (Å²) in [5.41, 5.74) is 1.52. The molecule has 0 saturated carbocycles. The quantitative estimate of drug-likeness (QED) is 0.844. The lowest BCUT2D eigenvalue weighted by Gasteiger charge is -2.22. The number of aromatic nitrogens is 2. The van der Waals surface area contributed by atoms with Crippen molar-refractivity contribution in [3.63, 3.8) is 0 Å². The average Bonchev–Trinajstić information content (AvgIpc) is 2.97. The SMILES string of the molecule is CC1(n2ccc(-c3ccccc3)n2)CCS(=O)(=O)C1. The van der Waals surface area contributed by atoms with Crippen LogP contribution in [0.15, 0.2) is 42.6 Å². The minimum absolute atomic E-state index is 0.176. The van der Waals surface area contributed by atoms with E-state index < -0.39 is 15.4 Å². The van der Waals surface area contributed by atoms with Crippen LogP contribution in [-0.4, -0.2) is 29.7 Å². The Morgan fingerprint density at radius 3 is 2.58 bits per heavy atom. The molecular weight excluding hydrogens is 260 g/mol. The maximum absolute atomic E-state index is 11.7. The molecule has 0 radical (unpaired) electrons. The van der Waals surface area contributed by atoms with Crippen LogP contribution in [0.2, 0.25) is 0 Å². The van der Waals surface area contributed by atoms with E-state index in [4.69, 9.17) is 0 Å². The molecule has 0 bridgehead atoms. The Balaban J connectivity index is 1.95. The van der Waals surface area contributed by atoms with Crippen LogP contribution in [0.4, 0.5) is 0 Å². The van der Waals surface area contributed by atoms with Crippen LogP contribution in [0.25, 0.3) is 11.3 Å². The Hall–Kier alpha value is -1.62. The van der Waals surface area contributed by atoms with Crippen LogP contribution in [-0.2, 0) is 15.4 Å². The minimum Gasteiger partial charge on any atom is -0.265 e. The van der Waals surface area contributed by atoms with Crippen molar-refractivity contribution < 1.29 is 8.42 Å². The second-order valence-corrected chi connectivity index (χ2v) is 7.53. The first-order valence-electron chi connectivity index (χ1n) is 6.31. The lowest BCUT2D eigenvalue weighted by molar-refractivity contribution is 0.329. The Labute approximate surface area is 113 Å². The van der Waals surface area contributed by atoms with E-state index in [0.29, 0.717) is 6.42 Å². The van der Waals surface area contributed by atoms with Gasteiger partial charge in [-0.05, 0) is 19.4 Å². The summed E-state index contributed by atoms with van der Waals surface area (Å²) in [7, 11) is -2.92. The van der Waals surface area contributed by atoms with Crippen LogP contribution >= 0.6 is 0 Å². The van der Waals surface area contributed by atoms with Crippen molar-refractivity contribution in [2.75, 3.05) is 11.5 Å². The number of benzene rings is 1. The van der Waals surface area contributed by atoms with Gasteiger partial charge in [-0.1, -0.05) is 30.3 Å². The summed E-state index contributed by atoms with van der Waals surface area (Å²) in [5, 5.41) is 4.55. The second kappa shape index (κ2) is 4.20. The van der Waals surface area contributed by atoms with Crippen LogP contribution in [0.5, 0.6) is 0 Å². The smallest absolute Gasteiger partial charge is 0.152 e. The highest BCUT2D eigenvalue weighted by Crippen LogP contribution is 2.31. The molecule has 5 heteroatoms. The highest BCUT2D eigenvalue weighted by atomic mass is 32.2. The molecule has 1 saturated heterocycles. The highest BCUT2D eigenvalue weighted by Gasteiger charge is 2.40. The molecular formula is C14H16N2O2S. The number of hydrogen-bond acceptors (Lipinski definition) is 3. The lowest BCUT2D eigenvalue weighted by Crippen LogP contribution is -2.31. The van der Waals surface area contributed by atoms with Crippen molar-refractivity contribution in [3.8, 4) is 11.3 Å². The molecule has 1 aromatic carbocycles. The van der Waals surface area contributed by atoms with Crippen LogP contribution in [0.1, 0.15) is 13.3 Å². The predicted molar refractivity (Wildman–Crippen MR) is 74.6 cm³/mol. The molecule has 0 spiro atoms. The fourth-order valence-corrected chi connectivity index (χ4v) is 4.68. The second-order valence-electron chi connectivity index (χ2n) is 5.35. The summed E-state index contributed by atoms with van der Waals surface area (Å²) in [4.78, 5) is 0. The molecule has 2 aromatic rings. The summed E-state index contributed by atoms with van der Waals surface area (Å²) in [6.07, 6.45) is 2.51. The van der Waals surface area contributed by atoms with Crippen LogP contribution < -0.4 is 0 Å². The maximum atomic E-state index is 11.7. The topological polar surface area (TPSA) is 52.0 Å². The molecule has 1 aliphatic rings. The van der Waals surface area contributed by atoms with Gasteiger partial charge in [-0.15, -0.1) is 0 Å². The van der Waals surface area contributed by atoms with E-state index in [9.17, 15) is 8.42 Å². The third-order valence-corrected chi connectivity index (χ3v) is 5.58. The van der Waals surface area contributed by atoms with E-state index in [1.54, 1.807) is 4.68 Å². The molecule has 4 nitrogen and oxygen atoms in total. The molecule has 2 heterocycles. The zero-order chi connectivity index (χ0) is 13.5. The molecule has 1 fully saturated rings. The summed E-state index contributed by atoms with van der Waals surface area (Å²) in [6.45, 7) is 1.96. The molecule has 1 atom stereocenters. The number of sulfone groups is 1. The van der Waals surface area contributed by atoms with E-state index >= 15 is 0 Å². The van der Waals surface area contributed by atoms with Crippen molar-refractivity contribution in [2.24, 2.45) is 0 Å². The molecule has 19 heavy (non-hydrogen) atoms. The first-order valence-corrected chi connectivity index (χ1v) is 8.13. The monoisotopic (exact) mass is 276 g/mol. The number of rotatable bonds is 2. The van der Waals surface area contributed by atoms with Crippen molar-refractivity contribution in [3.05, 3.63) is 42.6 Å². The zero-order valence-electron chi connectivity index (χ0n) is 10.8. The van der Waals surface area contributed by atoms with Crippen molar-refractivity contribution >= 4 is 9.84 Å². The molecule has 0 N–H and O–H groups in total. The molecule has 100 valence electrons.